The van der Waals surface area contributed by atoms with E-state index in [0.29, 0.717) is 10.8 Å². The summed E-state index contributed by atoms with van der Waals surface area (Å²) < 4.78 is 32.9. The summed E-state index contributed by atoms with van der Waals surface area (Å²) in [6.45, 7) is 1.77. The van der Waals surface area contributed by atoms with Gasteiger partial charge in [-0.15, -0.1) is 0 Å². The number of hydrogen-bond donors (Lipinski definition) is 1. The van der Waals surface area contributed by atoms with E-state index in [1.54, 1.807) is 32.4 Å². The summed E-state index contributed by atoms with van der Waals surface area (Å²) in [6, 6.07) is 13.7. The van der Waals surface area contributed by atoms with Gasteiger partial charge in [0.15, 0.2) is 5.16 Å². The Balaban J connectivity index is 1.74. The van der Waals surface area contributed by atoms with E-state index in [1.165, 1.54) is 38.0 Å². The number of nitrogens with one attached hydrogen (secondary N) is 1. The van der Waals surface area contributed by atoms with Crippen molar-refractivity contribution in [1.29, 1.82) is 0 Å². The van der Waals surface area contributed by atoms with Gasteiger partial charge in [0, 0.05) is 38.2 Å². The standard InChI is InChI=1S/C21H24N4O4S2/c1-15(20(26)23-16-7-5-10-19(13-16)31(27,28)24(2)3)30-21-22-11-12-25(21)17-8-6-9-18(14-17)29-4/h5-15H,1-4H3,(H,23,26). The third-order valence-corrected chi connectivity index (χ3v) is 7.36. The molecular weight excluding hydrogens is 436 g/mol. The highest BCUT2D eigenvalue weighted by Gasteiger charge is 2.20. The smallest absolute Gasteiger partial charge is 0.242 e. The molecule has 0 spiro atoms. The number of nitrogens with zero attached hydrogens (tertiary/aromatic N) is 3. The summed E-state index contributed by atoms with van der Waals surface area (Å²) in [5.74, 6) is 0.463. The molecule has 2 aromatic carbocycles. The van der Waals surface area contributed by atoms with Gasteiger partial charge in [0.05, 0.1) is 22.9 Å². The quantitative estimate of drug-likeness (QED) is 0.519. The summed E-state index contributed by atoms with van der Waals surface area (Å²) in [6.07, 6.45) is 3.49. The first-order valence-electron chi connectivity index (χ1n) is 9.40. The van der Waals surface area contributed by atoms with E-state index in [2.05, 4.69) is 10.3 Å². The molecule has 0 saturated heterocycles. The van der Waals surface area contributed by atoms with Gasteiger partial charge in [0.25, 0.3) is 0 Å². The normalized spacial score (nSPS) is 12.5. The zero-order chi connectivity index (χ0) is 22.6. The van der Waals surface area contributed by atoms with Crippen LogP contribution in [0.15, 0.2) is 71.0 Å². The Morgan fingerprint density at radius 2 is 1.94 bits per heavy atom. The number of ether oxygens (including phenoxy) is 1. The van der Waals surface area contributed by atoms with E-state index >= 15 is 0 Å². The van der Waals surface area contributed by atoms with Crippen molar-refractivity contribution in [2.45, 2.75) is 22.2 Å². The summed E-state index contributed by atoms with van der Waals surface area (Å²) in [4.78, 5) is 17.2. The first-order valence-corrected chi connectivity index (χ1v) is 11.7. The molecule has 1 N–H and O–H groups in total. The Morgan fingerprint density at radius 3 is 2.65 bits per heavy atom. The Morgan fingerprint density at radius 1 is 1.19 bits per heavy atom. The molecule has 1 atom stereocenters. The monoisotopic (exact) mass is 460 g/mol. The van der Waals surface area contributed by atoms with Gasteiger partial charge < -0.3 is 10.1 Å². The van der Waals surface area contributed by atoms with E-state index in [1.807, 2.05) is 35.0 Å². The van der Waals surface area contributed by atoms with Crippen LogP contribution in [0.4, 0.5) is 5.69 Å². The lowest BCUT2D eigenvalue weighted by Crippen LogP contribution is -2.24. The van der Waals surface area contributed by atoms with Gasteiger partial charge in [0.2, 0.25) is 15.9 Å². The fourth-order valence-corrected chi connectivity index (χ4v) is 4.57. The molecule has 164 valence electrons. The van der Waals surface area contributed by atoms with Crippen molar-refractivity contribution in [1.82, 2.24) is 13.9 Å². The second-order valence-electron chi connectivity index (χ2n) is 6.85. The highest BCUT2D eigenvalue weighted by Crippen LogP contribution is 2.27. The summed E-state index contributed by atoms with van der Waals surface area (Å²) in [5, 5.41) is 2.96. The number of hydrogen-bond acceptors (Lipinski definition) is 6. The molecule has 1 unspecified atom stereocenters. The molecule has 1 heterocycles. The molecule has 0 aliphatic rings. The van der Waals surface area contributed by atoms with Gasteiger partial charge in [0.1, 0.15) is 5.75 Å². The van der Waals surface area contributed by atoms with Crippen LogP contribution in [0.5, 0.6) is 5.75 Å². The minimum Gasteiger partial charge on any atom is -0.497 e. The Hall–Kier alpha value is -2.82. The molecule has 31 heavy (non-hydrogen) atoms. The fraction of sp³-hybridized carbons (Fsp3) is 0.238. The van der Waals surface area contributed by atoms with Crippen molar-refractivity contribution < 1.29 is 17.9 Å². The highest BCUT2D eigenvalue weighted by atomic mass is 32.2. The number of thioether (sulfide) groups is 1. The van der Waals surface area contributed by atoms with Gasteiger partial charge >= 0.3 is 0 Å². The molecule has 8 nitrogen and oxygen atoms in total. The van der Waals surface area contributed by atoms with Crippen LogP contribution >= 0.6 is 11.8 Å². The number of carbonyl (C=O) groups is 1. The van der Waals surface area contributed by atoms with Crippen LogP contribution in [0.2, 0.25) is 0 Å². The summed E-state index contributed by atoms with van der Waals surface area (Å²) >= 11 is 1.30. The Labute approximate surface area is 186 Å². The molecule has 10 heteroatoms. The predicted molar refractivity (Wildman–Crippen MR) is 121 cm³/mol. The predicted octanol–water partition coefficient (Wildman–Crippen LogP) is 3.25. The molecule has 3 rings (SSSR count). The van der Waals surface area contributed by atoms with Gasteiger partial charge in [-0.2, -0.15) is 0 Å². The molecule has 0 fully saturated rings. The van der Waals surface area contributed by atoms with E-state index in [4.69, 9.17) is 4.74 Å². The largest absolute Gasteiger partial charge is 0.497 e. The minimum absolute atomic E-state index is 0.115. The fourth-order valence-electron chi connectivity index (χ4n) is 2.73. The molecule has 3 aromatic rings. The lowest BCUT2D eigenvalue weighted by Gasteiger charge is -2.15. The number of aromatic nitrogens is 2. The van der Waals surface area contributed by atoms with Crippen LogP contribution in [0, 0.1) is 0 Å². The van der Waals surface area contributed by atoms with Gasteiger partial charge in [-0.3, -0.25) is 9.36 Å². The lowest BCUT2D eigenvalue weighted by atomic mass is 10.3. The van der Waals surface area contributed by atoms with Crippen LogP contribution in [0.25, 0.3) is 5.69 Å². The van der Waals surface area contributed by atoms with Crippen molar-refractivity contribution in [3.05, 3.63) is 60.9 Å². The first-order chi connectivity index (χ1) is 14.7. The van der Waals surface area contributed by atoms with Gasteiger partial charge in [-0.05, 0) is 37.3 Å². The third-order valence-electron chi connectivity index (χ3n) is 4.47. The SMILES string of the molecule is COc1cccc(-n2ccnc2SC(C)C(=O)Nc2cccc(S(=O)(=O)N(C)C)c2)c1. The van der Waals surface area contributed by atoms with Crippen molar-refractivity contribution in [3.8, 4) is 11.4 Å². The number of methoxy groups -OCH3 is 1. The van der Waals surface area contributed by atoms with Crippen LogP contribution < -0.4 is 10.1 Å². The zero-order valence-corrected chi connectivity index (χ0v) is 19.3. The first kappa shape index (κ1) is 22.9. The van der Waals surface area contributed by atoms with E-state index in [-0.39, 0.29) is 10.8 Å². The van der Waals surface area contributed by atoms with Gasteiger partial charge in [-0.25, -0.2) is 17.7 Å². The molecular formula is C21H24N4O4S2. The lowest BCUT2D eigenvalue weighted by molar-refractivity contribution is -0.115. The highest BCUT2D eigenvalue weighted by molar-refractivity contribution is 8.00. The van der Waals surface area contributed by atoms with Crippen molar-refractivity contribution in [2.24, 2.45) is 0 Å². The third kappa shape index (κ3) is 5.27. The molecule has 1 amide bonds. The maximum atomic E-state index is 12.7. The van der Waals surface area contributed by atoms with E-state index < -0.39 is 15.3 Å². The molecule has 0 saturated carbocycles. The zero-order valence-electron chi connectivity index (χ0n) is 17.6. The molecule has 0 aliphatic carbocycles. The maximum Gasteiger partial charge on any atom is 0.242 e. The van der Waals surface area contributed by atoms with Crippen LogP contribution in [-0.4, -0.2) is 54.6 Å². The van der Waals surface area contributed by atoms with Crippen molar-refractivity contribution in [2.75, 3.05) is 26.5 Å². The second-order valence-corrected chi connectivity index (χ2v) is 10.3. The number of benzene rings is 2. The van der Waals surface area contributed by atoms with Crippen LogP contribution in [-0.2, 0) is 14.8 Å². The number of anilines is 1. The molecule has 0 aliphatic heterocycles. The van der Waals surface area contributed by atoms with Crippen LogP contribution in [0.3, 0.4) is 0 Å². The maximum absolute atomic E-state index is 12.7. The number of imidazole rings is 1. The summed E-state index contributed by atoms with van der Waals surface area (Å²) in [5.41, 5.74) is 1.28. The van der Waals surface area contributed by atoms with Crippen LogP contribution in [0.1, 0.15) is 6.92 Å². The minimum atomic E-state index is -3.59. The Kier molecular flexibility index (Phi) is 7.04. The van der Waals surface area contributed by atoms with E-state index in [0.717, 1.165) is 15.7 Å². The Bertz CT molecular complexity index is 1180. The van der Waals surface area contributed by atoms with Gasteiger partial charge in [-0.1, -0.05) is 23.9 Å². The second kappa shape index (κ2) is 9.54. The van der Waals surface area contributed by atoms with E-state index in [9.17, 15) is 13.2 Å². The molecule has 1 aromatic heterocycles. The topological polar surface area (TPSA) is 93.5 Å². The van der Waals surface area contributed by atoms with Crippen molar-refractivity contribution >= 4 is 33.4 Å². The number of amides is 1. The summed E-state index contributed by atoms with van der Waals surface area (Å²) in [7, 11) is 0.944. The average molecular weight is 461 g/mol. The molecule has 0 radical (unpaired) electrons. The molecule has 0 bridgehead atoms. The number of carbonyl (C=O) groups excluding carboxylic acids is 1. The number of rotatable bonds is 8. The number of sulfonamides is 1. The van der Waals surface area contributed by atoms with Crippen molar-refractivity contribution in [3.63, 3.8) is 0 Å². The average Bonchev–Trinajstić information content (AvgIpc) is 3.21.